The molecule has 1 amide bonds. The third-order valence-corrected chi connectivity index (χ3v) is 8.67. The summed E-state index contributed by atoms with van der Waals surface area (Å²) >= 11 is 0. The van der Waals surface area contributed by atoms with Crippen LogP contribution in [0.4, 0.5) is 0 Å². The van der Waals surface area contributed by atoms with E-state index in [0.29, 0.717) is 24.8 Å². The van der Waals surface area contributed by atoms with Gasteiger partial charge < -0.3 is 14.2 Å². The minimum absolute atomic E-state index is 0.00407. The average Bonchev–Trinajstić information content (AvgIpc) is 3.47. The van der Waals surface area contributed by atoms with E-state index in [1.165, 1.54) is 36.5 Å². The molecule has 0 radical (unpaired) electrons. The molecule has 8 nitrogen and oxygen atoms in total. The van der Waals surface area contributed by atoms with Crippen LogP contribution in [0.15, 0.2) is 24.4 Å². The van der Waals surface area contributed by atoms with Crippen molar-refractivity contribution in [2.24, 2.45) is 0 Å². The fourth-order valence-corrected chi connectivity index (χ4v) is 6.56. The molecule has 0 saturated carbocycles. The van der Waals surface area contributed by atoms with E-state index in [2.05, 4.69) is 4.90 Å². The van der Waals surface area contributed by atoms with Crippen LogP contribution >= 0.6 is 0 Å². The summed E-state index contributed by atoms with van der Waals surface area (Å²) in [7, 11) is -3.24. The van der Waals surface area contributed by atoms with Crippen LogP contribution < -0.4 is 0 Å². The van der Waals surface area contributed by atoms with Crippen molar-refractivity contribution in [2.45, 2.75) is 50.5 Å². The van der Waals surface area contributed by atoms with Gasteiger partial charge in [0.15, 0.2) is 5.69 Å². The highest BCUT2D eigenvalue weighted by Crippen LogP contribution is 2.30. The van der Waals surface area contributed by atoms with E-state index < -0.39 is 10.0 Å². The number of imidazole rings is 1. The van der Waals surface area contributed by atoms with Crippen LogP contribution in [-0.4, -0.2) is 89.4 Å². The van der Waals surface area contributed by atoms with Gasteiger partial charge in [-0.15, -0.1) is 0 Å². The predicted molar refractivity (Wildman–Crippen MR) is 123 cm³/mol. The average molecular weight is 460 g/mol. The predicted octanol–water partition coefficient (Wildman–Crippen LogP) is 2.17. The van der Waals surface area contributed by atoms with E-state index in [9.17, 15) is 13.2 Å². The molecule has 9 heteroatoms. The smallest absolute Gasteiger partial charge is 0.274 e. The molecule has 0 spiro atoms. The summed E-state index contributed by atoms with van der Waals surface area (Å²) in [6.07, 6.45) is 9.50. The molecule has 174 valence electrons. The Bertz CT molecular complexity index is 1080. The summed E-state index contributed by atoms with van der Waals surface area (Å²) < 4.78 is 27.7. The van der Waals surface area contributed by atoms with E-state index in [-0.39, 0.29) is 11.8 Å². The molecule has 3 aliphatic rings. The number of nitrogens with zero attached hydrogens (tertiary/aromatic N) is 5. The summed E-state index contributed by atoms with van der Waals surface area (Å²) in [5.41, 5.74) is 1.31. The third kappa shape index (κ3) is 4.18. The monoisotopic (exact) mass is 459 g/mol. The van der Waals surface area contributed by atoms with Crippen molar-refractivity contribution in [3.63, 3.8) is 0 Å². The molecular weight excluding hydrogens is 426 g/mol. The van der Waals surface area contributed by atoms with Gasteiger partial charge in [-0.2, -0.15) is 0 Å². The molecule has 2 aromatic heterocycles. The molecule has 3 saturated heterocycles. The van der Waals surface area contributed by atoms with Gasteiger partial charge in [-0.1, -0.05) is 6.07 Å². The van der Waals surface area contributed by atoms with Crippen LogP contribution in [0.3, 0.4) is 0 Å². The Labute approximate surface area is 190 Å². The molecule has 3 aliphatic heterocycles. The van der Waals surface area contributed by atoms with E-state index in [1.807, 2.05) is 33.7 Å². The van der Waals surface area contributed by atoms with Crippen LogP contribution in [0, 0.1) is 0 Å². The number of carbonyl (C=O) groups is 1. The molecule has 3 fully saturated rings. The SMILES string of the molecule is CS(=O)(=O)N1CCC[C@H](c2nc(C(=O)N3CCC(N4CCCC4)CC3)c3ccccn23)C1. The van der Waals surface area contributed by atoms with Crippen LogP contribution in [-0.2, 0) is 10.0 Å². The zero-order chi connectivity index (χ0) is 22.3. The summed E-state index contributed by atoms with van der Waals surface area (Å²) in [5, 5.41) is 0. The van der Waals surface area contributed by atoms with Gasteiger partial charge in [0.25, 0.3) is 5.91 Å². The topological polar surface area (TPSA) is 78.2 Å². The number of carbonyl (C=O) groups excluding carboxylic acids is 1. The number of likely N-dealkylation sites (tertiary alicyclic amines) is 2. The zero-order valence-electron chi connectivity index (χ0n) is 18.8. The largest absolute Gasteiger partial charge is 0.337 e. The van der Waals surface area contributed by atoms with Crippen molar-refractivity contribution in [1.82, 2.24) is 23.5 Å². The Morgan fingerprint density at radius 1 is 1.00 bits per heavy atom. The second-order valence-electron chi connectivity index (χ2n) is 9.50. The number of pyridine rings is 1. The van der Waals surface area contributed by atoms with Crippen LogP contribution in [0.5, 0.6) is 0 Å². The van der Waals surface area contributed by atoms with E-state index in [1.54, 1.807) is 0 Å². The van der Waals surface area contributed by atoms with Gasteiger partial charge in [0.2, 0.25) is 10.0 Å². The first-order valence-corrected chi connectivity index (χ1v) is 13.7. The van der Waals surface area contributed by atoms with Gasteiger partial charge in [0.1, 0.15) is 5.82 Å². The summed E-state index contributed by atoms with van der Waals surface area (Å²) in [4.78, 5) is 22.9. The first kappa shape index (κ1) is 21.9. The molecule has 0 bridgehead atoms. The second-order valence-corrected chi connectivity index (χ2v) is 11.5. The fourth-order valence-electron chi connectivity index (χ4n) is 5.65. The van der Waals surface area contributed by atoms with Crippen molar-refractivity contribution in [2.75, 3.05) is 45.5 Å². The number of hydrogen-bond acceptors (Lipinski definition) is 5. The maximum atomic E-state index is 13.5. The normalized spacial score (nSPS) is 24.4. The number of sulfonamides is 1. The number of amides is 1. The minimum Gasteiger partial charge on any atom is -0.337 e. The molecule has 5 heterocycles. The van der Waals surface area contributed by atoms with Gasteiger partial charge in [-0.05, 0) is 63.7 Å². The molecular formula is C23H33N5O3S. The van der Waals surface area contributed by atoms with Crippen molar-refractivity contribution >= 4 is 21.4 Å². The van der Waals surface area contributed by atoms with E-state index >= 15 is 0 Å². The van der Waals surface area contributed by atoms with Gasteiger partial charge in [0.05, 0.1) is 11.8 Å². The van der Waals surface area contributed by atoms with Gasteiger partial charge in [0, 0.05) is 44.3 Å². The Morgan fingerprint density at radius 3 is 2.47 bits per heavy atom. The van der Waals surface area contributed by atoms with E-state index in [0.717, 1.165) is 50.1 Å². The van der Waals surface area contributed by atoms with Crippen molar-refractivity contribution < 1.29 is 13.2 Å². The first-order chi connectivity index (χ1) is 15.4. The molecule has 32 heavy (non-hydrogen) atoms. The highest BCUT2D eigenvalue weighted by molar-refractivity contribution is 7.88. The molecule has 1 atom stereocenters. The van der Waals surface area contributed by atoms with Crippen molar-refractivity contribution in [3.05, 3.63) is 35.9 Å². The summed E-state index contributed by atoms with van der Waals surface area (Å²) in [5.74, 6) is 0.774. The molecule has 0 unspecified atom stereocenters. The fraction of sp³-hybridized carbons (Fsp3) is 0.652. The lowest BCUT2D eigenvalue weighted by atomic mass is 9.99. The summed E-state index contributed by atoms with van der Waals surface area (Å²) in [6.45, 7) is 4.90. The Kier molecular flexibility index (Phi) is 5.98. The van der Waals surface area contributed by atoms with Gasteiger partial charge in [-0.3, -0.25) is 4.79 Å². The highest BCUT2D eigenvalue weighted by Gasteiger charge is 2.33. The van der Waals surface area contributed by atoms with Gasteiger partial charge >= 0.3 is 0 Å². The van der Waals surface area contributed by atoms with Crippen molar-refractivity contribution in [1.29, 1.82) is 0 Å². The zero-order valence-corrected chi connectivity index (χ0v) is 19.6. The first-order valence-electron chi connectivity index (χ1n) is 11.9. The number of fused-ring (bicyclic) bond motifs is 1. The lowest BCUT2D eigenvalue weighted by molar-refractivity contribution is 0.0641. The quantitative estimate of drug-likeness (QED) is 0.700. The van der Waals surface area contributed by atoms with Crippen LogP contribution in [0.1, 0.15) is 60.8 Å². The molecule has 0 aliphatic carbocycles. The minimum atomic E-state index is -3.24. The standard InChI is InChI=1S/C23H33N5O3S/c1-32(30,31)27-13-6-7-18(17-27)22-24-21(20-8-2-3-14-28(20)22)23(29)26-15-9-19(10-16-26)25-11-4-5-12-25/h2-3,8,14,18-19H,4-7,9-13,15-17H2,1H3/t18-/m0/s1. The molecule has 0 aromatic carbocycles. The highest BCUT2D eigenvalue weighted by atomic mass is 32.2. The number of aromatic nitrogens is 2. The third-order valence-electron chi connectivity index (χ3n) is 7.41. The van der Waals surface area contributed by atoms with Crippen LogP contribution in [0.2, 0.25) is 0 Å². The number of piperidine rings is 2. The molecule has 5 rings (SSSR count). The maximum Gasteiger partial charge on any atom is 0.274 e. The summed E-state index contributed by atoms with van der Waals surface area (Å²) in [6, 6.07) is 6.41. The molecule has 2 aromatic rings. The van der Waals surface area contributed by atoms with E-state index in [4.69, 9.17) is 4.98 Å². The second kappa shape index (κ2) is 8.76. The Balaban J connectivity index is 1.37. The Morgan fingerprint density at radius 2 is 1.75 bits per heavy atom. The lowest BCUT2D eigenvalue weighted by Gasteiger charge is -2.36. The molecule has 0 N–H and O–H groups in total. The maximum absolute atomic E-state index is 13.5. The lowest BCUT2D eigenvalue weighted by Crippen LogP contribution is -2.46. The van der Waals surface area contributed by atoms with Crippen molar-refractivity contribution in [3.8, 4) is 0 Å². The number of hydrogen-bond donors (Lipinski definition) is 0. The van der Waals surface area contributed by atoms with Crippen LogP contribution in [0.25, 0.3) is 5.52 Å². The Hall–Kier alpha value is -1.97. The number of rotatable bonds is 4. The van der Waals surface area contributed by atoms with Gasteiger partial charge in [-0.25, -0.2) is 17.7 Å².